The van der Waals surface area contributed by atoms with Crippen molar-refractivity contribution in [2.24, 2.45) is 0 Å². The summed E-state index contributed by atoms with van der Waals surface area (Å²) in [6, 6.07) is 13.9. The number of carbonyl (C=O) groups is 2. The van der Waals surface area contributed by atoms with Crippen LogP contribution in [0.5, 0.6) is 0 Å². The van der Waals surface area contributed by atoms with Gasteiger partial charge in [-0.15, -0.1) is 0 Å². The van der Waals surface area contributed by atoms with Gasteiger partial charge in [0.05, 0.1) is 17.6 Å². The lowest BCUT2D eigenvalue weighted by atomic mass is 9.81. The summed E-state index contributed by atoms with van der Waals surface area (Å²) in [6.45, 7) is 14.9. The lowest BCUT2D eigenvalue weighted by Crippen LogP contribution is -2.29. The van der Waals surface area contributed by atoms with Crippen molar-refractivity contribution in [1.29, 1.82) is 0 Å². The Morgan fingerprint density at radius 1 is 0.895 bits per heavy atom. The number of furan rings is 1. The smallest absolute Gasteiger partial charge is 0.337 e. The van der Waals surface area contributed by atoms with Crippen LogP contribution < -0.4 is 5.32 Å². The van der Waals surface area contributed by atoms with Crippen LogP contribution in [0.3, 0.4) is 0 Å². The van der Waals surface area contributed by atoms with E-state index in [0.717, 1.165) is 49.9 Å². The molecule has 0 spiro atoms. The molecule has 0 aliphatic heterocycles. The zero-order valence-corrected chi connectivity index (χ0v) is 23.3. The Labute approximate surface area is 223 Å². The molecule has 1 aromatic heterocycles. The largest absolute Gasteiger partial charge is 0.479 e. The number of ether oxygens (including phenoxy) is 1. The first-order valence-corrected chi connectivity index (χ1v) is 12.7. The average molecular weight is 514 g/mol. The lowest BCUT2D eigenvalue weighted by molar-refractivity contribution is -0.160. The van der Waals surface area contributed by atoms with Crippen LogP contribution >= 0.6 is 0 Å². The minimum absolute atomic E-state index is 0.236. The number of carboxylic acids is 1. The third-order valence-electron chi connectivity index (χ3n) is 6.84. The fourth-order valence-corrected chi connectivity index (χ4v) is 5.02. The second-order valence-electron chi connectivity index (χ2n) is 10.9. The van der Waals surface area contributed by atoms with E-state index in [1.54, 1.807) is 6.26 Å². The van der Waals surface area contributed by atoms with E-state index in [4.69, 9.17) is 9.15 Å². The van der Waals surface area contributed by atoms with E-state index in [0.29, 0.717) is 16.8 Å². The number of rotatable bonds is 6. The number of fused-ring (bicyclic) bond motifs is 1. The number of hydrogen-bond donors (Lipinski definition) is 2. The lowest BCUT2D eigenvalue weighted by Gasteiger charge is -2.31. The van der Waals surface area contributed by atoms with Crippen LogP contribution in [0.25, 0.3) is 33.2 Å². The van der Waals surface area contributed by atoms with Crippen LogP contribution in [0.15, 0.2) is 53.1 Å². The standard InChI is InChI=1S/C32H35NO5/c1-17-9-10-23(15-18(17)2)27-19(3)26(24-11-12-25-22(16-24)13-14-37-25)28(20(4)29(27)33-21(5)34)30(31(35)36)38-32(6,7)8/h9-16,30H,1-8H3,(H,33,34)(H,35,36). The molecule has 1 unspecified atom stereocenters. The van der Waals surface area contributed by atoms with Crippen LogP contribution in [-0.4, -0.2) is 22.6 Å². The zero-order valence-electron chi connectivity index (χ0n) is 23.3. The van der Waals surface area contributed by atoms with E-state index in [1.165, 1.54) is 6.92 Å². The van der Waals surface area contributed by atoms with Crippen LogP contribution in [-0.2, 0) is 14.3 Å². The molecule has 6 heteroatoms. The molecule has 0 aliphatic rings. The fourth-order valence-electron chi connectivity index (χ4n) is 5.02. The van der Waals surface area contributed by atoms with Crippen molar-refractivity contribution < 1.29 is 23.8 Å². The summed E-state index contributed by atoms with van der Waals surface area (Å²) in [4.78, 5) is 25.2. The third-order valence-corrected chi connectivity index (χ3v) is 6.84. The number of carbonyl (C=O) groups excluding carboxylic acids is 1. The van der Waals surface area contributed by atoms with Crippen molar-refractivity contribution in [2.75, 3.05) is 5.32 Å². The van der Waals surface area contributed by atoms with Gasteiger partial charge in [-0.3, -0.25) is 4.79 Å². The monoisotopic (exact) mass is 513 g/mol. The normalized spacial score (nSPS) is 12.5. The van der Waals surface area contributed by atoms with Crippen LogP contribution in [0.4, 0.5) is 5.69 Å². The first-order valence-electron chi connectivity index (χ1n) is 12.7. The predicted molar refractivity (Wildman–Crippen MR) is 152 cm³/mol. The number of nitrogens with one attached hydrogen (secondary N) is 1. The Hall–Kier alpha value is -3.90. The van der Waals surface area contributed by atoms with E-state index < -0.39 is 17.7 Å². The molecule has 0 saturated heterocycles. The molecule has 3 aromatic carbocycles. The van der Waals surface area contributed by atoms with Gasteiger partial charge in [0, 0.05) is 23.4 Å². The van der Waals surface area contributed by atoms with E-state index >= 15 is 0 Å². The SMILES string of the molecule is CC(=O)Nc1c(C)c(C(OC(C)(C)C)C(=O)O)c(-c2ccc3occc3c2)c(C)c1-c1ccc(C)c(C)c1. The topological polar surface area (TPSA) is 88.8 Å². The Morgan fingerprint density at radius 3 is 2.16 bits per heavy atom. The molecular weight excluding hydrogens is 478 g/mol. The van der Waals surface area contributed by atoms with Crippen molar-refractivity contribution in [3.05, 3.63) is 76.5 Å². The van der Waals surface area contributed by atoms with Crippen molar-refractivity contribution >= 4 is 28.5 Å². The molecule has 1 amide bonds. The van der Waals surface area contributed by atoms with Gasteiger partial charge in [-0.2, -0.15) is 0 Å². The van der Waals surface area contributed by atoms with Gasteiger partial charge in [0.15, 0.2) is 6.10 Å². The van der Waals surface area contributed by atoms with E-state index in [9.17, 15) is 14.7 Å². The van der Waals surface area contributed by atoms with Crippen LogP contribution in [0, 0.1) is 27.7 Å². The molecule has 4 aromatic rings. The fraction of sp³-hybridized carbons (Fsp3) is 0.312. The van der Waals surface area contributed by atoms with Gasteiger partial charge >= 0.3 is 5.97 Å². The molecule has 0 fully saturated rings. The molecule has 4 rings (SSSR count). The van der Waals surface area contributed by atoms with Crippen molar-refractivity contribution in [2.45, 2.75) is 67.1 Å². The molecule has 0 radical (unpaired) electrons. The summed E-state index contributed by atoms with van der Waals surface area (Å²) in [5.74, 6) is -1.33. The molecule has 1 heterocycles. The molecule has 1 atom stereocenters. The van der Waals surface area contributed by atoms with Crippen molar-refractivity contribution in [3.8, 4) is 22.3 Å². The highest BCUT2D eigenvalue weighted by Gasteiger charge is 2.34. The van der Waals surface area contributed by atoms with Crippen molar-refractivity contribution in [1.82, 2.24) is 0 Å². The summed E-state index contributed by atoms with van der Waals surface area (Å²) in [7, 11) is 0. The summed E-state index contributed by atoms with van der Waals surface area (Å²) in [5, 5.41) is 14.3. The highest BCUT2D eigenvalue weighted by Crippen LogP contribution is 2.47. The van der Waals surface area contributed by atoms with E-state index in [1.807, 2.05) is 65.0 Å². The first kappa shape index (κ1) is 27.1. The molecule has 2 N–H and O–H groups in total. The summed E-state index contributed by atoms with van der Waals surface area (Å²) in [5.41, 5.74) is 8.32. The van der Waals surface area contributed by atoms with E-state index in [2.05, 4.69) is 31.3 Å². The maximum Gasteiger partial charge on any atom is 0.337 e. The Morgan fingerprint density at radius 2 is 1.55 bits per heavy atom. The average Bonchev–Trinajstić information content (AvgIpc) is 3.29. The molecule has 38 heavy (non-hydrogen) atoms. The minimum atomic E-state index is -1.26. The highest BCUT2D eigenvalue weighted by molar-refractivity contribution is 6.01. The summed E-state index contributed by atoms with van der Waals surface area (Å²) < 4.78 is 11.7. The molecular formula is C32H35NO5. The summed E-state index contributed by atoms with van der Waals surface area (Å²) >= 11 is 0. The number of aryl methyl sites for hydroxylation is 2. The molecule has 6 nitrogen and oxygen atoms in total. The van der Waals surface area contributed by atoms with Gasteiger partial charge in [-0.05, 0) is 106 Å². The summed E-state index contributed by atoms with van der Waals surface area (Å²) in [6.07, 6.45) is 0.376. The Balaban J connectivity index is 2.17. The number of hydrogen-bond acceptors (Lipinski definition) is 4. The number of anilines is 1. The minimum Gasteiger partial charge on any atom is -0.479 e. The van der Waals surface area contributed by atoms with Crippen molar-refractivity contribution in [3.63, 3.8) is 0 Å². The third kappa shape index (κ3) is 5.22. The van der Waals surface area contributed by atoms with Gasteiger partial charge in [-0.1, -0.05) is 24.3 Å². The van der Waals surface area contributed by atoms with Gasteiger partial charge in [0.2, 0.25) is 5.91 Å². The zero-order chi connectivity index (χ0) is 27.9. The van der Waals surface area contributed by atoms with E-state index in [-0.39, 0.29) is 5.91 Å². The van der Waals surface area contributed by atoms with Crippen LogP contribution in [0.1, 0.15) is 61.6 Å². The Bertz CT molecular complexity index is 1550. The number of amides is 1. The molecule has 198 valence electrons. The maximum absolute atomic E-state index is 12.7. The number of carboxylic acid groups (broad SMARTS) is 1. The predicted octanol–water partition coefficient (Wildman–Crippen LogP) is 7.90. The first-order chi connectivity index (χ1) is 17.8. The Kier molecular flexibility index (Phi) is 7.22. The quantitative estimate of drug-likeness (QED) is 0.274. The van der Waals surface area contributed by atoms with Crippen LogP contribution in [0.2, 0.25) is 0 Å². The van der Waals surface area contributed by atoms with Gasteiger partial charge in [-0.25, -0.2) is 4.79 Å². The number of benzene rings is 3. The molecule has 0 saturated carbocycles. The van der Waals surface area contributed by atoms with Gasteiger partial charge < -0.3 is 19.6 Å². The molecule has 0 aliphatic carbocycles. The molecule has 0 bridgehead atoms. The maximum atomic E-state index is 12.7. The van der Waals surface area contributed by atoms with Gasteiger partial charge in [0.1, 0.15) is 5.58 Å². The number of aliphatic carboxylic acids is 1. The highest BCUT2D eigenvalue weighted by atomic mass is 16.5. The second-order valence-corrected chi connectivity index (χ2v) is 10.9. The second kappa shape index (κ2) is 10.1. The van der Waals surface area contributed by atoms with Gasteiger partial charge in [0.25, 0.3) is 0 Å².